The molecule has 0 aliphatic rings. The van der Waals surface area contributed by atoms with Crippen LogP contribution >= 0.6 is 0 Å². The van der Waals surface area contributed by atoms with Crippen LogP contribution in [-0.4, -0.2) is 38.3 Å². The van der Waals surface area contributed by atoms with E-state index >= 15 is 0 Å². The van der Waals surface area contributed by atoms with Crippen molar-refractivity contribution in [1.82, 2.24) is 4.31 Å². The van der Waals surface area contributed by atoms with Crippen molar-refractivity contribution in [3.05, 3.63) is 48.4 Å². The van der Waals surface area contributed by atoms with Gasteiger partial charge in [0.15, 0.2) is 12.3 Å². The molecule has 1 amide bonds. The topological polar surface area (TPSA) is 96.2 Å². The molecule has 26 heavy (non-hydrogen) atoms. The van der Waals surface area contributed by atoms with E-state index in [-0.39, 0.29) is 23.4 Å². The standard InChI is InChI=1S/C18H25N3O4S/c1-4-21(5-2)26(23,24)16-9-6-8-15(12-16)20-18(22)13-19-14(3)17-10-7-11-25-17/h6-12,14,19H,4-5,13H2,1-3H3,(H,20,22)/p+1/t14-/m1/s1. The molecule has 0 radical (unpaired) electrons. The number of furan rings is 1. The second-order valence-corrected chi connectivity index (χ2v) is 7.85. The van der Waals surface area contributed by atoms with E-state index in [9.17, 15) is 13.2 Å². The highest BCUT2D eigenvalue weighted by Crippen LogP contribution is 2.19. The van der Waals surface area contributed by atoms with Gasteiger partial charge in [-0.25, -0.2) is 8.42 Å². The van der Waals surface area contributed by atoms with Gasteiger partial charge < -0.3 is 15.1 Å². The third-order valence-corrected chi connectivity index (χ3v) is 6.16. The van der Waals surface area contributed by atoms with Crippen molar-refractivity contribution < 1.29 is 22.9 Å². The monoisotopic (exact) mass is 380 g/mol. The first-order valence-corrected chi connectivity index (χ1v) is 10.1. The maximum absolute atomic E-state index is 12.6. The summed E-state index contributed by atoms with van der Waals surface area (Å²) < 4.78 is 31.8. The van der Waals surface area contributed by atoms with Crippen LogP contribution in [0.15, 0.2) is 52.0 Å². The minimum absolute atomic E-state index is 0.0186. The third-order valence-electron chi connectivity index (χ3n) is 4.11. The van der Waals surface area contributed by atoms with E-state index in [0.717, 1.165) is 5.76 Å². The Kier molecular flexibility index (Phi) is 6.96. The molecule has 0 saturated heterocycles. The molecule has 1 aromatic heterocycles. The molecule has 0 unspecified atom stereocenters. The number of rotatable bonds is 9. The quantitative estimate of drug-likeness (QED) is 0.690. The fourth-order valence-corrected chi connectivity index (χ4v) is 4.11. The molecule has 0 spiro atoms. The van der Waals surface area contributed by atoms with E-state index in [1.165, 1.54) is 16.4 Å². The summed E-state index contributed by atoms with van der Waals surface area (Å²) in [5, 5.41) is 4.60. The van der Waals surface area contributed by atoms with Crippen LogP contribution in [0.1, 0.15) is 32.6 Å². The summed E-state index contributed by atoms with van der Waals surface area (Å²) in [7, 11) is -3.55. The Hall–Kier alpha value is -2.16. The number of nitrogens with two attached hydrogens (primary N) is 1. The first-order chi connectivity index (χ1) is 12.4. The van der Waals surface area contributed by atoms with Crippen molar-refractivity contribution in [2.24, 2.45) is 0 Å². The van der Waals surface area contributed by atoms with E-state index in [1.54, 1.807) is 32.2 Å². The van der Waals surface area contributed by atoms with Gasteiger partial charge in [-0.1, -0.05) is 19.9 Å². The number of hydrogen-bond acceptors (Lipinski definition) is 4. The zero-order valence-electron chi connectivity index (χ0n) is 15.3. The van der Waals surface area contributed by atoms with Crippen LogP contribution < -0.4 is 10.6 Å². The Bertz CT molecular complexity index is 815. The van der Waals surface area contributed by atoms with Crippen LogP contribution in [0.2, 0.25) is 0 Å². The Balaban J connectivity index is 2.00. The third kappa shape index (κ3) is 4.94. The van der Waals surface area contributed by atoms with Crippen molar-refractivity contribution in [1.29, 1.82) is 0 Å². The van der Waals surface area contributed by atoms with Crippen LogP contribution in [0.25, 0.3) is 0 Å². The van der Waals surface area contributed by atoms with E-state index in [0.29, 0.717) is 18.8 Å². The molecular formula is C18H26N3O4S+. The van der Waals surface area contributed by atoms with E-state index < -0.39 is 10.0 Å². The zero-order chi connectivity index (χ0) is 19.2. The van der Waals surface area contributed by atoms with E-state index in [1.807, 2.05) is 24.4 Å². The van der Waals surface area contributed by atoms with Gasteiger partial charge in [0.1, 0.15) is 6.04 Å². The highest BCUT2D eigenvalue weighted by Gasteiger charge is 2.22. The van der Waals surface area contributed by atoms with Crippen LogP contribution in [0.5, 0.6) is 0 Å². The minimum atomic E-state index is -3.55. The molecule has 2 aromatic rings. The van der Waals surface area contributed by atoms with Gasteiger partial charge in [-0.3, -0.25) is 4.79 Å². The van der Waals surface area contributed by atoms with E-state index in [2.05, 4.69) is 5.32 Å². The number of hydrogen-bond donors (Lipinski definition) is 2. The highest BCUT2D eigenvalue weighted by molar-refractivity contribution is 7.89. The van der Waals surface area contributed by atoms with Gasteiger partial charge in [0.05, 0.1) is 11.2 Å². The number of nitrogens with zero attached hydrogens (tertiary/aromatic N) is 1. The lowest BCUT2D eigenvalue weighted by Gasteiger charge is -2.18. The Morgan fingerprint density at radius 3 is 2.58 bits per heavy atom. The molecule has 1 atom stereocenters. The van der Waals surface area contributed by atoms with Crippen LogP contribution in [0.4, 0.5) is 5.69 Å². The first kappa shape index (κ1) is 20.2. The van der Waals surface area contributed by atoms with Gasteiger partial charge in [-0.15, -0.1) is 0 Å². The maximum atomic E-state index is 12.6. The molecule has 142 valence electrons. The van der Waals surface area contributed by atoms with Crippen LogP contribution in [0.3, 0.4) is 0 Å². The average molecular weight is 380 g/mol. The molecule has 3 N–H and O–H groups in total. The number of sulfonamides is 1. The number of quaternary nitrogens is 1. The average Bonchev–Trinajstić information content (AvgIpc) is 3.15. The lowest BCUT2D eigenvalue weighted by molar-refractivity contribution is -0.684. The van der Waals surface area contributed by atoms with Gasteiger partial charge in [0.2, 0.25) is 10.0 Å². The molecule has 0 aliphatic heterocycles. The van der Waals surface area contributed by atoms with Crippen molar-refractivity contribution >= 4 is 21.6 Å². The van der Waals surface area contributed by atoms with Gasteiger partial charge in [0.25, 0.3) is 5.91 Å². The summed E-state index contributed by atoms with van der Waals surface area (Å²) in [4.78, 5) is 12.3. The Labute approximate surface area is 154 Å². The lowest BCUT2D eigenvalue weighted by atomic mass is 10.2. The second kappa shape index (κ2) is 8.98. The summed E-state index contributed by atoms with van der Waals surface area (Å²) in [6, 6.07) is 10.0. The Morgan fingerprint density at radius 1 is 1.23 bits per heavy atom. The number of nitrogens with one attached hydrogen (secondary N) is 1. The van der Waals surface area contributed by atoms with Gasteiger partial charge in [0, 0.05) is 18.8 Å². The molecule has 0 aliphatic carbocycles. The molecule has 1 heterocycles. The molecule has 0 fully saturated rings. The van der Waals surface area contributed by atoms with Crippen molar-refractivity contribution in [2.75, 3.05) is 25.0 Å². The fourth-order valence-electron chi connectivity index (χ4n) is 2.61. The summed E-state index contributed by atoms with van der Waals surface area (Å²) in [6.45, 7) is 6.54. The van der Waals surface area contributed by atoms with Gasteiger partial charge in [-0.05, 0) is 37.3 Å². The summed E-state index contributed by atoms with van der Waals surface area (Å²) >= 11 is 0. The van der Waals surface area contributed by atoms with Gasteiger partial charge in [-0.2, -0.15) is 4.31 Å². The number of anilines is 1. The summed E-state index contributed by atoms with van der Waals surface area (Å²) in [6.07, 6.45) is 1.60. The van der Waals surface area contributed by atoms with Crippen LogP contribution in [0, 0.1) is 0 Å². The lowest BCUT2D eigenvalue weighted by Crippen LogP contribution is -2.86. The van der Waals surface area contributed by atoms with Crippen molar-refractivity contribution in [2.45, 2.75) is 31.7 Å². The molecule has 2 rings (SSSR count). The molecule has 0 bridgehead atoms. The Morgan fingerprint density at radius 2 is 1.96 bits per heavy atom. The summed E-state index contributed by atoms with van der Waals surface area (Å²) in [5.41, 5.74) is 0.460. The predicted molar refractivity (Wildman–Crippen MR) is 99.1 cm³/mol. The predicted octanol–water partition coefficient (Wildman–Crippen LogP) is 1.57. The number of carbonyl (C=O) groups excluding carboxylic acids is 1. The number of carbonyl (C=O) groups is 1. The summed E-state index contributed by atoms with van der Waals surface area (Å²) in [5.74, 6) is 0.589. The van der Waals surface area contributed by atoms with Crippen molar-refractivity contribution in [3.8, 4) is 0 Å². The smallest absolute Gasteiger partial charge is 0.279 e. The molecule has 8 heteroatoms. The van der Waals surface area contributed by atoms with Crippen LogP contribution in [-0.2, 0) is 14.8 Å². The minimum Gasteiger partial charge on any atom is -0.463 e. The maximum Gasteiger partial charge on any atom is 0.279 e. The second-order valence-electron chi connectivity index (χ2n) is 5.91. The number of amides is 1. The number of benzene rings is 1. The molecule has 1 aromatic carbocycles. The molecular weight excluding hydrogens is 354 g/mol. The van der Waals surface area contributed by atoms with E-state index in [4.69, 9.17) is 4.42 Å². The first-order valence-electron chi connectivity index (χ1n) is 8.65. The highest BCUT2D eigenvalue weighted by atomic mass is 32.2. The van der Waals surface area contributed by atoms with Gasteiger partial charge >= 0.3 is 0 Å². The SMILES string of the molecule is CCN(CC)S(=O)(=O)c1cccc(NC(=O)C[NH2+][C@H](C)c2ccco2)c1. The molecule has 7 nitrogen and oxygen atoms in total. The zero-order valence-corrected chi connectivity index (χ0v) is 16.1. The normalized spacial score (nSPS) is 12.9. The molecule has 0 saturated carbocycles. The largest absolute Gasteiger partial charge is 0.463 e. The fraction of sp³-hybridized carbons (Fsp3) is 0.389. The van der Waals surface area contributed by atoms with Crippen molar-refractivity contribution in [3.63, 3.8) is 0 Å².